The molecule has 0 aliphatic carbocycles. The van der Waals surface area contributed by atoms with Crippen LogP contribution in [0.25, 0.3) is 0 Å². The predicted molar refractivity (Wildman–Crippen MR) is 49.0 cm³/mol. The van der Waals surface area contributed by atoms with Gasteiger partial charge in [0.25, 0.3) is 0 Å². The summed E-state index contributed by atoms with van der Waals surface area (Å²) in [6, 6.07) is -0.0110. The highest BCUT2D eigenvalue weighted by molar-refractivity contribution is 6.30. The van der Waals surface area contributed by atoms with Crippen molar-refractivity contribution in [3.05, 3.63) is 10.7 Å². The van der Waals surface area contributed by atoms with Crippen LogP contribution in [0.4, 0.5) is 11.8 Å². The van der Waals surface area contributed by atoms with Gasteiger partial charge in [-0.05, 0) is 6.42 Å². The zero-order valence-corrected chi connectivity index (χ0v) is 7.78. The van der Waals surface area contributed by atoms with Gasteiger partial charge in [0.1, 0.15) is 11.2 Å². The number of halogens is 1. The molecular weight excluding hydrogens is 190 g/mol. The molecule has 2 rings (SSSR count). The fourth-order valence-electron chi connectivity index (χ4n) is 1.28. The van der Waals surface area contributed by atoms with Crippen molar-refractivity contribution in [2.45, 2.75) is 19.4 Å². The number of nitrogens with zero attached hydrogens (tertiary/aromatic N) is 4. The standard InChI is InChI=1S/C7H8ClN5/c1-2-3-4-5(8)10-7(9)11-6(4)13-12-3/h3H,2H2,1H3,(H2,9,10,11). The fraction of sp³-hybridized carbons (Fsp3) is 0.429. The lowest BCUT2D eigenvalue weighted by atomic mass is 10.1. The number of fused-ring (bicyclic) bond motifs is 1. The maximum absolute atomic E-state index is 5.90. The summed E-state index contributed by atoms with van der Waals surface area (Å²) in [6.07, 6.45) is 0.837. The summed E-state index contributed by atoms with van der Waals surface area (Å²) in [5.74, 6) is 0.642. The maximum Gasteiger partial charge on any atom is 0.223 e. The zero-order valence-electron chi connectivity index (χ0n) is 7.03. The van der Waals surface area contributed by atoms with E-state index in [1.807, 2.05) is 6.92 Å². The van der Waals surface area contributed by atoms with Crippen molar-refractivity contribution in [2.24, 2.45) is 10.2 Å². The average Bonchev–Trinajstić information content (AvgIpc) is 2.47. The van der Waals surface area contributed by atoms with Crippen LogP contribution in [-0.2, 0) is 0 Å². The molecule has 1 aromatic rings. The van der Waals surface area contributed by atoms with E-state index in [9.17, 15) is 0 Å². The summed E-state index contributed by atoms with van der Waals surface area (Å²) >= 11 is 5.90. The first-order valence-electron chi connectivity index (χ1n) is 3.96. The number of nitrogens with two attached hydrogens (primary N) is 1. The average molecular weight is 198 g/mol. The Morgan fingerprint density at radius 1 is 1.46 bits per heavy atom. The molecule has 0 radical (unpaired) electrons. The molecule has 1 aliphatic rings. The molecule has 68 valence electrons. The van der Waals surface area contributed by atoms with E-state index in [-0.39, 0.29) is 12.0 Å². The number of hydrogen-bond donors (Lipinski definition) is 1. The Bertz CT molecular complexity index is 375. The van der Waals surface area contributed by atoms with Crippen molar-refractivity contribution in [1.29, 1.82) is 0 Å². The predicted octanol–water partition coefficient (Wildman–Crippen LogP) is 2.26. The monoisotopic (exact) mass is 197 g/mol. The van der Waals surface area contributed by atoms with E-state index < -0.39 is 0 Å². The summed E-state index contributed by atoms with van der Waals surface area (Å²) in [6.45, 7) is 2.01. The highest BCUT2D eigenvalue weighted by atomic mass is 35.5. The lowest BCUT2D eigenvalue weighted by molar-refractivity contribution is 0.695. The molecule has 0 saturated heterocycles. The van der Waals surface area contributed by atoms with Gasteiger partial charge in [0.15, 0.2) is 5.82 Å². The molecule has 0 aromatic carbocycles. The largest absolute Gasteiger partial charge is 0.368 e. The molecular formula is C7H8ClN5. The number of rotatable bonds is 1. The third kappa shape index (κ3) is 1.25. The highest BCUT2D eigenvalue weighted by Crippen LogP contribution is 2.39. The Morgan fingerprint density at radius 3 is 2.92 bits per heavy atom. The smallest absolute Gasteiger partial charge is 0.223 e. The van der Waals surface area contributed by atoms with E-state index in [0.29, 0.717) is 11.0 Å². The fourth-order valence-corrected chi connectivity index (χ4v) is 1.57. The van der Waals surface area contributed by atoms with Gasteiger partial charge in [-0.15, -0.1) is 5.11 Å². The summed E-state index contributed by atoms with van der Waals surface area (Å²) in [4.78, 5) is 7.79. The van der Waals surface area contributed by atoms with Crippen LogP contribution in [-0.4, -0.2) is 9.97 Å². The summed E-state index contributed by atoms with van der Waals surface area (Å²) in [5, 5.41) is 8.25. The van der Waals surface area contributed by atoms with Crippen LogP contribution in [0.3, 0.4) is 0 Å². The van der Waals surface area contributed by atoms with Gasteiger partial charge in [-0.3, -0.25) is 0 Å². The van der Waals surface area contributed by atoms with Crippen molar-refractivity contribution in [2.75, 3.05) is 5.73 Å². The second-order valence-corrected chi connectivity index (χ2v) is 3.11. The van der Waals surface area contributed by atoms with E-state index in [2.05, 4.69) is 20.2 Å². The van der Waals surface area contributed by atoms with E-state index in [0.717, 1.165) is 12.0 Å². The van der Waals surface area contributed by atoms with Gasteiger partial charge < -0.3 is 5.73 Å². The second kappa shape index (κ2) is 2.92. The van der Waals surface area contributed by atoms with Crippen LogP contribution >= 0.6 is 11.6 Å². The van der Waals surface area contributed by atoms with Gasteiger partial charge in [0, 0.05) is 0 Å². The van der Waals surface area contributed by atoms with Crippen LogP contribution in [0, 0.1) is 0 Å². The Kier molecular flexibility index (Phi) is 1.88. The first kappa shape index (κ1) is 8.37. The molecule has 5 nitrogen and oxygen atoms in total. The molecule has 6 heteroatoms. The van der Waals surface area contributed by atoms with Crippen molar-refractivity contribution >= 4 is 23.4 Å². The van der Waals surface area contributed by atoms with Crippen LogP contribution in [0.1, 0.15) is 24.9 Å². The topological polar surface area (TPSA) is 76.5 Å². The molecule has 0 saturated carbocycles. The van der Waals surface area contributed by atoms with Gasteiger partial charge in [-0.25, -0.2) is 4.98 Å². The summed E-state index contributed by atoms with van der Waals surface area (Å²) in [7, 11) is 0. The molecule has 0 amide bonds. The van der Waals surface area contributed by atoms with Crippen molar-refractivity contribution in [3.8, 4) is 0 Å². The minimum absolute atomic E-state index is 0.0110. The first-order chi connectivity index (χ1) is 6.22. The van der Waals surface area contributed by atoms with E-state index in [1.165, 1.54) is 0 Å². The molecule has 1 aliphatic heterocycles. The SMILES string of the molecule is CCC1N=Nc2nc(N)nc(Cl)c21. The Labute approximate surface area is 80.0 Å². The maximum atomic E-state index is 5.90. The number of nitrogen functional groups attached to an aromatic ring is 1. The number of anilines is 1. The third-order valence-electron chi connectivity index (χ3n) is 1.91. The van der Waals surface area contributed by atoms with Crippen molar-refractivity contribution < 1.29 is 0 Å². The van der Waals surface area contributed by atoms with Gasteiger partial charge in [0.2, 0.25) is 5.95 Å². The van der Waals surface area contributed by atoms with Crippen LogP contribution < -0.4 is 5.73 Å². The van der Waals surface area contributed by atoms with Crippen molar-refractivity contribution in [3.63, 3.8) is 0 Å². The number of hydrogen-bond acceptors (Lipinski definition) is 5. The lowest BCUT2D eigenvalue weighted by Gasteiger charge is -2.05. The quantitative estimate of drug-likeness (QED) is 0.702. The van der Waals surface area contributed by atoms with Gasteiger partial charge >= 0.3 is 0 Å². The van der Waals surface area contributed by atoms with Crippen molar-refractivity contribution in [1.82, 2.24) is 9.97 Å². The van der Waals surface area contributed by atoms with E-state index in [4.69, 9.17) is 17.3 Å². The normalized spacial score (nSPS) is 19.1. The lowest BCUT2D eigenvalue weighted by Crippen LogP contribution is -1.99. The van der Waals surface area contributed by atoms with Crippen LogP contribution in [0.2, 0.25) is 5.15 Å². The van der Waals surface area contributed by atoms with E-state index in [1.54, 1.807) is 0 Å². The third-order valence-corrected chi connectivity index (χ3v) is 2.20. The molecule has 0 fully saturated rings. The van der Waals surface area contributed by atoms with Crippen LogP contribution in [0.15, 0.2) is 10.2 Å². The molecule has 2 N–H and O–H groups in total. The van der Waals surface area contributed by atoms with Gasteiger partial charge in [0.05, 0.1) is 5.56 Å². The molecule has 2 heterocycles. The number of aromatic nitrogens is 2. The minimum atomic E-state index is -0.0110. The summed E-state index contributed by atoms with van der Waals surface area (Å²) in [5.41, 5.74) is 6.20. The van der Waals surface area contributed by atoms with E-state index >= 15 is 0 Å². The Morgan fingerprint density at radius 2 is 2.23 bits per heavy atom. The highest BCUT2D eigenvalue weighted by Gasteiger charge is 2.24. The molecule has 13 heavy (non-hydrogen) atoms. The molecule has 1 aromatic heterocycles. The first-order valence-corrected chi connectivity index (χ1v) is 4.34. The molecule has 0 spiro atoms. The molecule has 1 unspecified atom stereocenters. The Balaban J connectivity index is 2.57. The number of azo groups is 1. The Hall–Kier alpha value is -1.23. The van der Waals surface area contributed by atoms with Gasteiger partial charge in [-0.1, -0.05) is 18.5 Å². The molecule has 1 atom stereocenters. The summed E-state index contributed by atoms with van der Waals surface area (Å²) < 4.78 is 0. The zero-order chi connectivity index (χ0) is 9.42. The minimum Gasteiger partial charge on any atom is -0.368 e. The van der Waals surface area contributed by atoms with Gasteiger partial charge in [-0.2, -0.15) is 10.1 Å². The molecule has 0 bridgehead atoms. The second-order valence-electron chi connectivity index (χ2n) is 2.75. The van der Waals surface area contributed by atoms with Crippen LogP contribution in [0.5, 0.6) is 0 Å².